The summed E-state index contributed by atoms with van der Waals surface area (Å²) in [4.78, 5) is 45.7. The van der Waals surface area contributed by atoms with Crippen LogP contribution < -0.4 is 5.32 Å². The van der Waals surface area contributed by atoms with Crippen LogP contribution in [-0.2, 0) is 19.2 Å². The van der Waals surface area contributed by atoms with E-state index in [1.807, 2.05) is 0 Å². The summed E-state index contributed by atoms with van der Waals surface area (Å²) < 4.78 is 0. The van der Waals surface area contributed by atoms with E-state index in [1.54, 1.807) is 12.1 Å². The minimum absolute atomic E-state index is 0.0458. The van der Waals surface area contributed by atoms with E-state index in [0.29, 0.717) is 15.7 Å². The topological polar surface area (TPSA) is 80.3 Å². The molecule has 23 heavy (non-hydrogen) atoms. The number of ketones is 3. The number of amides is 1. The SMILES string of the molecule is CC(=O)CCC(=O)CC(=O)CCC(=O)Nc1cc(Cl)ccc1Cl. The van der Waals surface area contributed by atoms with Gasteiger partial charge in [0.2, 0.25) is 5.91 Å². The summed E-state index contributed by atoms with van der Waals surface area (Å²) in [6.45, 7) is 1.39. The van der Waals surface area contributed by atoms with E-state index in [4.69, 9.17) is 23.2 Å². The number of carbonyl (C=O) groups is 4. The summed E-state index contributed by atoms with van der Waals surface area (Å²) in [5.41, 5.74) is 0.370. The lowest BCUT2D eigenvalue weighted by molar-refractivity contribution is -0.129. The molecule has 1 N–H and O–H groups in total. The molecule has 0 aliphatic heterocycles. The summed E-state index contributed by atoms with van der Waals surface area (Å²) >= 11 is 11.7. The molecule has 7 heteroatoms. The van der Waals surface area contributed by atoms with Gasteiger partial charge in [-0.2, -0.15) is 0 Å². The Bertz CT molecular complexity index is 629. The number of rotatable bonds is 9. The highest BCUT2D eigenvalue weighted by Crippen LogP contribution is 2.25. The van der Waals surface area contributed by atoms with Crippen LogP contribution in [-0.4, -0.2) is 23.3 Å². The van der Waals surface area contributed by atoms with Crippen LogP contribution in [0, 0.1) is 0 Å². The van der Waals surface area contributed by atoms with Crippen molar-refractivity contribution in [1.29, 1.82) is 0 Å². The van der Waals surface area contributed by atoms with Crippen LogP contribution >= 0.6 is 23.2 Å². The lowest BCUT2D eigenvalue weighted by Gasteiger charge is -2.07. The van der Waals surface area contributed by atoms with Crippen molar-refractivity contribution in [3.8, 4) is 0 Å². The lowest BCUT2D eigenvalue weighted by Crippen LogP contribution is -2.15. The summed E-state index contributed by atoms with van der Waals surface area (Å²) in [5, 5.41) is 3.33. The smallest absolute Gasteiger partial charge is 0.224 e. The predicted octanol–water partition coefficient (Wildman–Crippen LogP) is 3.61. The molecule has 5 nitrogen and oxygen atoms in total. The molecule has 0 radical (unpaired) electrons. The highest BCUT2D eigenvalue weighted by molar-refractivity contribution is 6.35. The number of benzene rings is 1. The van der Waals surface area contributed by atoms with Crippen LogP contribution in [0.15, 0.2) is 18.2 Å². The first-order chi connectivity index (χ1) is 10.8. The average Bonchev–Trinajstić information content (AvgIpc) is 2.47. The van der Waals surface area contributed by atoms with Crippen LogP contribution in [0.4, 0.5) is 5.69 Å². The van der Waals surface area contributed by atoms with Crippen molar-refractivity contribution in [3.63, 3.8) is 0 Å². The molecule has 0 saturated heterocycles. The molecule has 1 aromatic rings. The molecule has 1 rings (SSSR count). The van der Waals surface area contributed by atoms with Gasteiger partial charge in [0.05, 0.1) is 17.1 Å². The zero-order valence-corrected chi connectivity index (χ0v) is 14.2. The van der Waals surface area contributed by atoms with Gasteiger partial charge in [-0.1, -0.05) is 23.2 Å². The number of nitrogens with one attached hydrogen (secondary N) is 1. The maximum absolute atomic E-state index is 11.8. The van der Waals surface area contributed by atoms with Crippen LogP contribution in [0.25, 0.3) is 0 Å². The maximum Gasteiger partial charge on any atom is 0.224 e. The van der Waals surface area contributed by atoms with Crippen molar-refractivity contribution in [1.82, 2.24) is 0 Å². The lowest BCUT2D eigenvalue weighted by atomic mass is 10.1. The largest absolute Gasteiger partial charge is 0.325 e. The molecule has 0 heterocycles. The van der Waals surface area contributed by atoms with Crippen LogP contribution in [0.3, 0.4) is 0 Å². The van der Waals surface area contributed by atoms with Gasteiger partial charge in [-0.25, -0.2) is 0 Å². The normalized spacial score (nSPS) is 10.2. The first-order valence-electron chi connectivity index (χ1n) is 7.05. The second kappa shape index (κ2) is 9.43. The van der Waals surface area contributed by atoms with E-state index in [9.17, 15) is 19.2 Å². The molecular formula is C16H17Cl2NO4. The second-order valence-corrected chi connectivity index (χ2v) is 5.97. The third-order valence-corrected chi connectivity index (χ3v) is 3.55. The molecule has 0 atom stereocenters. The Morgan fingerprint density at radius 2 is 1.57 bits per heavy atom. The fourth-order valence-corrected chi connectivity index (χ4v) is 2.11. The standard InChI is InChI=1S/C16H17Cl2NO4/c1-10(20)2-4-12(21)9-13(22)5-7-16(23)19-15-8-11(17)3-6-14(15)18/h3,6,8H,2,4-5,7,9H2,1H3,(H,19,23). The van der Waals surface area contributed by atoms with Crippen molar-refractivity contribution >= 4 is 52.1 Å². The third kappa shape index (κ3) is 7.90. The first-order valence-corrected chi connectivity index (χ1v) is 7.81. The van der Waals surface area contributed by atoms with Crippen LogP contribution in [0.2, 0.25) is 10.0 Å². The fourth-order valence-electron chi connectivity index (χ4n) is 1.77. The predicted molar refractivity (Wildman–Crippen MR) is 88.9 cm³/mol. The second-order valence-electron chi connectivity index (χ2n) is 5.13. The Morgan fingerprint density at radius 3 is 2.17 bits per heavy atom. The molecular weight excluding hydrogens is 341 g/mol. The molecule has 0 aromatic heterocycles. The Morgan fingerprint density at radius 1 is 0.957 bits per heavy atom. The molecule has 0 aliphatic rings. The number of anilines is 1. The van der Waals surface area contributed by atoms with Gasteiger partial charge < -0.3 is 10.1 Å². The van der Waals surface area contributed by atoms with Gasteiger partial charge in [-0.3, -0.25) is 14.4 Å². The molecule has 0 aliphatic carbocycles. The Hall–Kier alpha value is -1.72. The van der Waals surface area contributed by atoms with Gasteiger partial charge >= 0.3 is 0 Å². The average molecular weight is 358 g/mol. The van der Waals surface area contributed by atoms with Gasteiger partial charge in [-0.05, 0) is 25.1 Å². The molecule has 1 aromatic carbocycles. The molecule has 124 valence electrons. The van der Waals surface area contributed by atoms with Crippen molar-refractivity contribution in [3.05, 3.63) is 28.2 Å². The highest BCUT2D eigenvalue weighted by Gasteiger charge is 2.13. The number of Topliss-reactive ketones (excluding diaryl/α,β-unsaturated/α-hetero) is 3. The van der Waals surface area contributed by atoms with Gasteiger partial charge in [-0.15, -0.1) is 0 Å². The quantitative estimate of drug-likeness (QED) is 0.684. The van der Waals surface area contributed by atoms with E-state index in [2.05, 4.69) is 5.32 Å². The van der Waals surface area contributed by atoms with Gasteiger partial charge in [0, 0.05) is 30.7 Å². The van der Waals surface area contributed by atoms with E-state index in [1.165, 1.54) is 13.0 Å². The third-order valence-electron chi connectivity index (χ3n) is 2.98. The van der Waals surface area contributed by atoms with E-state index in [0.717, 1.165) is 0 Å². The zero-order valence-electron chi connectivity index (χ0n) is 12.7. The van der Waals surface area contributed by atoms with Crippen molar-refractivity contribution in [2.24, 2.45) is 0 Å². The van der Waals surface area contributed by atoms with Gasteiger partial charge in [0.1, 0.15) is 17.3 Å². The van der Waals surface area contributed by atoms with E-state index in [-0.39, 0.29) is 49.5 Å². The Balaban J connectivity index is 2.38. The molecule has 0 fully saturated rings. The minimum Gasteiger partial charge on any atom is -0.325 e. The van der Waals surface area contributed by atoms with Crippen LogP contribution in [0.1, 0.15) is 39.0 Å². The molecule has 1 amide bonds. The molecule has 0 saturated carbocycles. The minimum atomic E-state index is -0.390. The number of hydrogen-bond acceptors (Lipinski definition) is 4. The number of hydrogen-bond donors (Lipinski definition) is 1. The molecule has 0 unspecified atom stereocenters. The van der Waals surface area contributed by atoms with Crippen molar-refractivity contribution < 1.29 is 19.2 Å². The highest BCUT2D eigenvalue weighted by atomic mass is 35.5. The number of carbonyl (C=O) groups excluding carboxylic acids is 4. The molecule has 0 spiro atoms. The summed E-state index contributed by atoms with van der Waals surface area (Å²) in [7, 11) is 0. The van der Waals surface area contributed by atoms with E-state index < -0.39 is 5.91 Å². The Labute approximate surface area is 144 Å². The maximum atomic E-state index is 11.8. The first kappa shape index (κ1) is 19.3. The number of halogens is 2. The van der Waals surface area contributed by atoms with Crippen molar-refractivity contribution in [2.75, 3.05) is 5.32 Å². The molecule has 0 bridgehead atoms. The van der Waals surface area contributed by atoms with Gasteiger partial charge in [0.15, 0.2) is 0 Å². The van der Waals surface area contributed by atoms with Crippen molar-refractivity contribution in [2.45, 2.75) is 39.0 Å². The van der Waals surface area contributed by atoms with Gasteiger partial charge in [0.25, 0.3) is 0 Å². The summed E-state index contributed by atoms with van der Waals surface area (Å²) in [6.07, 6.45) is -0.152. The summed E-state index contributed by atoms with van der Waals surface area (Å²) in [6, 6.07) is 4.66. The summed E-state index contributed by atoms with van der Waals surface area (Å²) in [5.74, 6) is -1.10. The zero-order chi connectivity index (χ0) is 17.4. The Kier molecular flexibility index (Phi) is 7.92. The van der Waals surface area contributed by atoms with Crippen LogP contribution in [0.5, 0.6) is 0 Å². The monoisotopic (exact) mass is 357 g/mol. The van der Waals surface area contributed by atoms with E-state index >= 15 is 0 Å². The fraction of sp³-hybridized carbons (Fsp3) is 0.375.